The monoisotopic (exact) mass is 1230 g/mol. The zero-order valence-electron chi connectivity index (χ0n) is 20.4. The summed E-state index contributed by atoms with van der Waals surface area (Å²) >= 11 is 2.81. The van der Waals surface area contributed by atoms with Crippen molar-refractivity contribution >= 4 is 128 Å². The second-order valence-corrected chi connectivity index (χ2v) is 29.7. The van der Waals surface area contributed by atoms with Gasteiger partial charge < -0.3 is 0 Å². The Balaban J connectivity index is 0.000000166. The van der Waals surface area contributed by atoms with Crippen LogP contribution in [0.1, 0.15) is 0 Å². The van der Waals surface area contributed by atoms with Crippen LogP contribution < -0.4 is 14.4 Å². The fraction of sp³-hybridized carbons (Fsp3) is 0. The summed E-state index contributed by atoms with van der Waals surface area (Å²) in [7, 11) is 0. The van der Waals surface area contributed by atoms with Crippen LogP contribution in [0.5, 0.6) is 0 Å². The first-order valence-corrected chi connectivity index (χ1v) is 32.9. The summed E-state index contributed by atoms with van der Waals surface area (Å²) in [5.74, 6) is -5.39. The summed E-state index contributed by atoms with van der Waals surface area (Å²) in [4.78, 5) is 0. The van der Waals surface area contributed by atoms with Crippen LogP contribution in [0.2, 0.25) is 0 Å². The third kappa shape index (κ3) is 12.2. The number of halogens is 6. The van der Waals surface area contributed by atoms with Crippen LogP contribution in [0, 0.1) is 30.4 Å². The predicted molar refractivity (Wildman–Crippen MR) is 179 cm³/mol. The molecule has 0 saturated carbocycles. The van der Waals surface area contributed by atoms with Crippen molar-refractivity contribution in [1.82, 2.24) is 0 Å². The molecule has 5 aromatic carbocycles. The molecule has 0 aromatic heterocycles. The van der Waals surface area contributed by atoms with Crippen LogP contribution in [0.25, 0.3) is 0 Å². The third-order valence-electron chi connectivity index (χ3n) is 4.60. The summed E-state index contributed by atoms with van der Waals surface area (Å²) < 4.78 is 55.6. The average Bonchev–Trinajstić information content (AvgIpc) is 3.02. The number of hydrogen-bond donors (Lipinski definition) is 0. The molecule has 0 fully saturated rings. The molecule has 0 aliphatic heterocycles. The number of benzene rings is 5. The van der Waals surface area contributed by atoms with Crippen molar-refractivity contribution in [2.45, 2.75) is 0 Å². The van der Waals surface area contributed by atoms with Crippen LogP contribution >= 0.6 is 45.2 Å². The van der Waals surface area contributed by atoms with E-state index in [2.05, 4.69) is 121 Å². The van der Waals surface area contributed by atoms with E-state index in [1.165, 1.54) is 45.2 Å². The van der Waals surface area contributed by atoms with Gasteiger partial charge >= 0.3 is 204 Å². The minimum absolute atomic E-state index is 0.0996. The molecule has 0 bridgehead atoms. The van der Waals surface area contributed by atoms with E-state index in [1.54, 1.807) is 14.4 Å². The Morgan fingerprint density at radius 3 is 0.675 bits per heavy atom. The quantitative estimate of drug-likeness (QED) is 0.0707. The van der Waals surface area contributed by atoms with Crippen LogP contribution in [0.15, 0.2) is 121 Å². The Morgan fingerprint density at radius 2 is 0.500 bits per heavy atom. The van der Waals surface area contributed by atoms with Gasteiger partial charge in [0.15, 0.2) is 23.3 Å². The molecule has 0 aliphatic rings. The van der Waals surface area contributed by atoms with Crippen molar-refractivity contribution in [2.75, 3.05) is 0 Å². The third-order valence-corrected chi connectivity index (χ3v) is 30.2. The molecule has 5 aromatic rings. The van der Waals surface area contributed by atoms with Crippen LogP contribution in [-0.4, -0.2) is 68.2 Å². The molecule has 0 radical (unpaired) electrons. The predicted octanol–water partition coefficient (Wildman–Crippen LogP) is 5.37. The molecule has 0 amide bonds. The Morgan fingerprint density at radius 1 is 0.325 bits per heavy atom. The first-order chi connectivity index (χ1) is 19.4. The number of hydrogen-bond acceptors (Lipinski definition) is 0. The zero-order valence-corrected chi connectivity index (χ0v) is 34.1. The molecule has 206 valence electrons. The molecule has 10 heteroatoms. The van der Waals surface area contributed by atoms with Crippen molar-refractivity contribution in [1.29, 1.82) is 0 Å². The topological polar surface area (TPSA) is 0 Å². The molecule has 0 N–H and O–H groups in total. The summed E-state index contributed by atoms with van der Waals surface area (Å²) in [6.45, 7) is 0. The Labute approximate surface area is 292 Å². The molecule has 0 saturated heterocycles. The van der Waals surface area contributed by atoms with Gasteiger partial charge in [0, 0.05) is 0 Å². The van der Waals surface area contributed by atoms with E-state index < -0.39 is 30.4 Å². The Bertz CT molecular complexity index is 1180. The van der Waals surface area contributed by atoms with Crippen LogP contribution in [0.3, 0.4) is 0 Å². The van der Waals surface area contributed by atoms with Gasteiger partial charge in [-0.05, 0) is 45.2 Å². The van der Waals surface area contributed by atoms with Gasteiger partial charge in [-0.15, -0.1) is 0 Å². The molecule has 5 rings (SSSR count). The van der Waals surface area contributed by atoms with E-state index in [0.29, 0.717) is 0 Å². The standard InChI is InChI=1S/2C12H10Te2.C6F4I2/c2*1-3-7-11(8-4-1)13-14-12-9-5-2-6-10-12;7-1-2(8)6(12)4(10)3(9)5(1)11/h2*1-10H;. The van der Waals surface area contributed by atoms with Crippen molar-refractivity contribution in [3.8, 4) is 0 Å². The second-order valence-electron chi connectivity index (χ2n) is 7.47. The molecule has 0 unspecified atom stereocenters. The molecule has 0 aliphatic carbocycles. The SMILES string of the molecule is Fc1c(F)c(I)c(F)c(F)c1I.c1ccc([Te][Te]c2ccccc2)cc1.c1ccc([Te][Te]c2ccccc2)cc1. The van der Waals surface area contributed by atoms with Crippen LogP contribution in [0.4, 0.5) is 17.6 Å². The first kappa shape index (κ1) is 34.9. The molecular weight excluding hydrogens is 1200 g/mol. The maximum atomic E-state index is 12.6. The first-order valence-electron chi connectivity index (χ1n) is 11.4. The van der Waals surface area contributed by atoms with E-state index in [4.69, 9.17) is 0 Å². The van der Waals surface area contributed by atoms with Gasteiger partial charge in [0.05, 0.1) is 7.14 Å². The molecule has 0 atom stereocenters. The molecule has 40 heavy (non-hydrogen) atoms. The molecule has 0 spiro atoms. The van der Waals surface area contributed by atoms with E-state index in [9.17, 15) is 17.6 Å². The molecule has 0 nitrogen and oxygen atoms in total. The maximum absolute atomic E-state index is 12.6. The Kier molecular flexibility index (Phi) is 17.2. The minimum atomic E-state index is -1.35. The van der Waals surface area contributed by atoms with E-state index >= 15 is 0 Å². The van der Waals surface area contributed by atoms with E-state index in [-0.39, 0.29) is 68.2 Å². The fourth-order valence-corrected chi connectivity index (χ4v) is 23.7. The summed E-state index contributed by atoms with van der Waals surface area (Å²) in [6, 6.07) is 43.8. The van der Waals surface area contributed by atoms with Crippen LogP contribution in [-0.2, 0) is 0 Å². The van der Waals surface area contributed by atoms with E-state index in [1.807, 2.05) is 0 Å². The average molecular weight is 1220 g/mol. The summed E-state index contributed by atoms with van der Waals surface area (Å²) in [6.07, 6.45) is 0. The fourth-order valence-electron chi connectivity index (χ4n) is 2.67. The summed E-state index contributed by atoms with van der Waals surface area (Å²) in [5, 5.41) is 0. The van der Waals surface area contributed by atoms with Crippen molar-refractivity contribution in [3.63, 3.8) is 0 Å². The molecule has 0 heterocycles. The van der Waals surface area contributed by atoms with Crippen molar-refractivity contribution < 1.29 is 17.6 Å². The van der Waals surface area contributed by atoms with Gasteiger partial charge in [-0.25, -0.2) is 17.6 Å². The molecular formula is C30H20F4I2Te4. The normalized spacial score (nSPS) is 10.2. The number of rotatable bonds is 6. The zero-order chi connectivity index (χ0) is 28.7. The van der Waals surface area contributed by atoms with Gasteiger partial charge in [-0.1, -0.05) is 0 Å². The Hall–Kier alpha value is 0.438. The van der Waals surface area contributed by atoms with Gasteiger partial charge in [-0.2, -0.15) is 0 Å². The van der Waals surface area contributed by atoms with Gasteiger partial charge in [0.2, 0.25) is 0 Å². The van der Waals surface area contributed by atoms with Gasteiger partial charge in [-0.3, -0.25) is 0 Å². The summed E-state index contributed by atoms with van der Waals surface area (Å²) in [5.41, 5.74) is 0. The van der Waals surface area contributed by atoms with E-state index in [0.717, 1.165) is 0 Å². The van der Waals surface area contributed by atoms with Crippen molar-refractivity contribution in [2.24, 2.45) is 0 Å². The second kappa shape index (κ2) is 19.7. The van der Waals surface area contributed by atoms with Gasteiger partial charge in [0.25, 0.3) is 0 Å². The van der Waals surface area contributed by atoms with Crippen molar-refractivity contribution in [3.05, 3.63) is 152 Å². The van der Waals surface area contributed by atoms with Gasteiger partial charge in [0.1, 0.15) is 0 Å².